The van der Waals surface area contributed by atoms with Crippen molar-refractivity contribution in [1.29, 1.82) is 0 Å². The number of rotatable bonds is 4. The van der Waals surface area contributed by atoms with Crippen LogP contribution in [0.1, 0.15) is 65.2 Å². The zero-order chi connectivity index (χ0) is 13.8. The van der Waals surface area contributed by atoms with Gasteiger partial charge >= 0.3 is 0 Å². The fourth-order valence-electron chi connectivity index (χ4n) is 3.76. The smallest absolute Gasteiger partial charge is 0.240 e. The summed E-state index contributed by atoms with van der Waals surface area (Å²) in [7, 11) is 0. The fraction of sp³-hybridized carbons (Fsp3) is 0.938. The summed E-state index contributed by atoms with van der Waals surface area (Å²) >= 11 is 0. The Balaban J connectivity index is 1.99. The lowest BCUT2D eigenvalue weighted by Gasteiger charge is -2.36. The molecule has 0 aromatic rings. The van der Waals surface area contributed by atoms with Gasteiger partial charge in [-0.15, -0.1) is 0 Å². The van der Waals surface area contributed by atoms with Gasteiger partial charge in [-0.2, -0.15) is 0 Å². The Kier molecular flexibility index (Phi) is 5.26. The van der Waals surface area contributed by atoms with Crippen LogP contribution in [0.15, 0.2) is 0 Å². The normalized spacial score (nSPS) is 28.4. The lowest BCUT2D eigenvalue weighted by atomic mass is 9.82. The first-order chi connectivity index (χ1) is 9.15. The molecule has 2 aliphatic rings. The van der Waals surface area contributed by atoms with E-state index in [-0.39, 0.29) is 11.9 Å². The van der Waals surface area contributed by atoms with E-state index in [9.17, 15) is 4.79 Å². The van der Waals surface area contributed by atoms with E-state index in [1.807, 2.05) is 0 Å². The van der Waals surface area contributed by atoms with Crippen molar-refractivity contribution in [2.75, 3.05) is 6.54 Å². The molecule has 0 spiro atoms. The summed E-state index contributed by atoms with van der Waals surface area (Å²) in [6.45, 7) is 5.14. The van der Waals surface area contributed by atoms with Gasteiger partial charge in [0.15, 0.2) is 0 Å². The molecule has 0 aromatic carbocycles. The fourth-order valence-corrected chi connectivity index (χ4v) is 3.76. The molecule has 3 heteroatoms. The molecule has 2 N–H and O–H groups in total. The molecule has 110 valence electrons. The van der Waals surface area contributed by atoms with E-state index in [0.717, 1.165) is 18.9 Å². The third kappa shape index (κ3) is 3.31. The zero-order valence-corrected chi connectivity index (χ0v) is 12.6. The van der Waals surface area contributed by atoms with Crippen molar-refractivity contribution in [3.05, 3.63) is 0 Å². The molecule has 2 fully saturated rings. The van der Waals surface area contributed by atoms with Gasteiger partial charge in [-0.3, -0.25) is 4.79 Å². The highest BCUT2D eigenvalue weighted by Gasteiger charge is 2.37. The average Bonchev–Trinajstić information content (AvgIpc) is 2.95. The number of hydrogen-bond donors (Lipinski definition) is 1. The highest BCUT2D eigenvalue weighted by atomic mass is 16.2. The third-order valence-electron chi connectivity index (χ3n) is 5.32. The molecule has 3 nitrogen and oxygen atoms in total. The number of hydrogen-bond acceptors (Lipinski definition) is 2. The van der Waals surface area contributed by atoms with E-state index < -0.39 is 0 Å². The van der Waals surface area contributed by atoms with E-state index in [4.69, 9.17) is 5.73 Å². The second-order valence-electron chi connectivity index (χ2n) is 6.55. The summed E-state index contributed by atoms with van der Waals surface area (Å²) in [6.07, 6.45) is 10.0. The maximum Gasteiger partial charge on any atom is 0.240 e. The van der Waals surface area contributed by atoms with Gasteiger partial charge in [-0.25, -0.2) is 0 Å². The third-order valence-corrected chi connectivity index (χ3v) is 5.32. The molecular weight excluding hydrogens is 236 g/mol. The number of likely N-dealkylation sites (tertiary alicyclic amines) is 1. The molecule has 0 radical (unpaired) electrons. The van der Waals surface area contributed by atoms with Crippen LogP contribution < -0.4 is 5.73 Å². The quantitative estimate of drug-likeness (QED) is 0.850. The van der Waals surface area contributed by atoms with Gasteiger partial charge in [0.25, 0.3) is 0 Å². The first kappa shape index (κ1) is 14.8. The largest absolute Gasteiger partial charge is 0.338 e. The molecule has 3 atom stereocenters. The number of carbonyl (C=O) groups is 1. The summed E-state index contributed by atoms with van der Waals surface area (Å²) in [5.41, 5.74) is 6.15. The summed E-state index contributed by atoms with van der Waals surface area (Å²) in [5, 5.41) is 0. The van der Waals surface area contributed by atoms with Gasteiger partial charge < -0.3 is 10.6 Å². The van der Waals surface area contributed by atoms with Gasteiger partial charge in [0.05, 0.1) is 6.04 Å². The van der Waals surface area contributed by atoms with Crippen LogP contribution in [-0.4, -0.2) is 29.4 Å². The van der Waals surface area contributed by atoms with E-state index >= 15 is 0 Å². The number of carbonyl (C=O) groups excluding carboxylic acids is 1. The molecule has 1 amide bonds. The Morgan fingerprint density at radius 1 is 1.21 bits per heavy atom. The molecule has 1 aliphatic heterocycles. The molecule has 1 aliphatic carbocycles. The molecule has 1 saturated carbocycles. The molecular formula is C16H30N2O. The van der Waals surface area contributed by atoms with Crippen LogP contribution >= 0.6 is 0 Å². The first-order valence-corrected chi connectivity index (χ1v) is 8.21. The van der Waals surface area contributed by atoms with Crippen molar-refractivity contribution in [3.63, 3.8) is 0 Å². The van der Waals surface area contributed by atoms with Crippen LogP contribution in [0, 0.1) is 11.8 Å². The molecule has 1 saturated heterocycles. The SMILES string of the molecule is CCC(C)[C@H](N)C(=O)N1CCCC1C1CCCCC1. The van der Waals surface area contributed by atoms with E-state index in [2.05, 4.69) is 18.7 Å². The van der Waals surface area contributed by atoms with Crippen molar-refractivity contribution < 1.29 is 4.79 Å². The predicted octanol–water partition coefficient (Wildman–Crippen LogP) is 2.93. The summed E-state index contributed by atoms with van der Waals surface area (Å²) in [6, 6.07) is 0.192. The molecule has 1 heterocycles. The maximum absolute atomic E-state index is 12.6. The zero-order valence-electron chi connectivity index (χ0n) is 12.6. The van der Waals surface area contributed by atoms with Crippen LogP contribution in [0.25, 0.3) is 0 Å². The Bertz CT molecular complexity index is 299. The number of nitrogens with two attached hydrogens (primary N) is 1. The summed E-state index contributed by atoms with van der Waals surface area (Å²) in [5.74, 6) is 1.24. The highest BCUT2D eigenvalue weighted by Crippen LogP contribution is 2.34. The van der Waals surface area contributed by atoms with Crippen LogP contribution in [-0.2, 0) is 4.79 Å². The predicted molar refractivity (Wildman–Crippen MR) is 78.7 cm³/mol. The molecule has 0 aromatic heterocycles. The topological polar surface area (TPSA) is 46.3 Å². The minimum atomic E-state index is -0.297. The van der Waals surface area contributed by atoms with Crippen LogP contribution in [0.3, 0.4) is 0 Å². The van der Waals surface area contributed by atoms with Gasteiger partial charge in [-0.1, -0.05) is 39.5 Å². The van der Waals surface area contributed by atoms with Crippen molar-refractivity contribution in [1.82, 2.24) is 4.90 Å². The van der Waals surface area contributed by atoms with Crippen molar-refractivity contribution in [2.24, 2.45) is 17.6 Å². The minimum absolute atomic E-state index is 0.211. The van der Waals surface area contributed by atoms with Gasteiger partial charge in [0.1, 0.15) is 0 Å². The van der Waals surface area contributed by atoms with Gasteiger partial charge in [-0.05, 0) is 37.5 Å². The van der Waals surface area contributed by atoms with Crippen molar-refractivity contribution >= 4 is 5.91 Å². The number of amides is 1. The standard InChI is InChI=1S/C16H30N2O/c1-3-12(2)15(17)16(19)18-11-7-10-14(18)13-8-5-4-6-9-13/h12-15H,3-11,17H2,1-2H3/t12?,14?,15-/m0/s1. The Morgan fingerprint density at radius 2 is 1.89 bits per heavy atom. The second kappa shape index (κ2) is 6.74. The first-order valence-electron chi connectivity index (χ1n) is 8.21. The lowest BCUT2D eigenvalue weighted by Crippen LogP contribution is -2.50. The van der Waals surface area contributed by atoms with Gasteiger partial charge in [0.2, 0.25) is 5.91 Å². The Hall–Kier alpha value is -0.570. The average molecular weight is 266 g/mol. The highest BCUT2D eigenvalue weighted by molar-refractivity contribution is 5.82. The summed E-state index contributed by atoms with van der Waals surface area (Å²) < 4.78 is 0. The van der Waals surface area contributed by atoms with Crippen LogP contribution in [0.4, 0.5) is 0 Å². The van der Waals surface area contributed by atoms with Gasteiger partial charge in [0, 0.05) is 12.6 Å². The molecule has 0 bridgehead atoms. The minimum Gasteiger partial charge on any atom is -0.338 e. The van der Waals surface area contributed by atoms with E-state index in [1.165, 1.54) is 44.9 Å². The van der Waals surface area contributed by atoms with E-state index in [1.54, 1.807) is 0 Å². The Morgan fingerprint density at radius 3 is 2.53 bits per heavy atom. The summed E-state index contributed by atoms with van der Waals surface area (Å²) in [4.78, 5) is 14.7. The number of nitrogens with zero attached hydrogens (tertiary/aromatic N) is 1. The van der Waals surface area contributed by atoms with Crippen LogP contribution in [0.2, 0.25) is 0 Å². The van der Waals surface area contributed by atoms with Crippen molar-refractivity contribution in [2.45, 2.75) is 77.3 Å². The second-order valence-corrected chi connectivity index (χ2v) is 6.55. The van der Waals surface area contributed by atoms with Crippen molar-refractivity contribution in [3.8, 4) is 0 Å². The van der Waals surface area contributed by atoms with E-state index in [0.29, 0.717) is 12.0 Å². The molecule has 2 unspecified atom stereocenters. The monoisotopic (exact) mass is 266 g/mol. The lowest BCUT2D eigenvalue weighted by molar-refractivity contribution is -0.135. The molecule has 19 heavy (non-hydrogen) atoms. The molecule has 2 rings (SSSR count). The maximum atomic E-state index is 12.6. The Labute approximate surface area is 117 Å². The van der Waals surface area contributed by atoms with Crippen LogP contribution in [0.5, 0.6) is 0 Å².